The van der Waals surface area contributed by atoms with Crippen molar-refractivity contribution in [3.8, 4) is 5.75 Å². The molecule has 0 N–H and O–H groups in total. The number of carbonyl (C=O) groups excluding carboxylic acids is 2. The lowest BCUT2D eigenvalue weighted by atomic mass is 10.1. The number of anilines is 1. The van der Waals surface area contributed by atoms with Crippen LogP contribution in [0.25, 0.3) is 0 Å². The van der Waals surface area contributed by atoms with Crippen molar-refractivity contribution in [3.05, 3.63) is 24.3 Å². The van der Waals surface area contributed by atoms with Crippen molar-refractivity contribution in [2.75, 3.05) is 51.5 Å². The maximum atomic E-state index is 12.5. The van der Waals surface area contributed by atoms with E-state index in [9.17, 15) is 9.59 Å². The molecule has 2 amide bonds. The van der Waals surface area contributed by atoms with Crippen LogP contribution in [-0.4, -0.2) is 69.4 Å². The molecule has 1 aromatic rings. The molecule has 2 fully saturated rings. The van der Waals surface area contributed by atoms with Crippen molar-refractivity contribution >= 4 is 17.5 Å². The summed E-state index contributed by atoms with van der Waals surface area (Å²) in [5.41, 5.74) is 0.784. The molecule has 0 bridgehead atoms. The van der Waals surface area contributed by atoms with Crippen LogP contribution < -0.4 is 9.64 Å². The number of ether oxygens (including phenoxy) is 3. The van der Waals surface area contributed by atoms with E-state index in [1.165, 1.54) is 0 Å². The van der Waals surface area contributed by atoms with Crippen molar-refractivity contribution in [2.24, 2.45) is 0 Å². The van der Waals surface area contributed by atoms with Crippen LogP contribution in [-0.2, 0) is 19.1 Å². The highest BCUT2D eigenvalue weighted by atomic mass is 16.5. The van der Waals surface area contributed by atoms with Gasteiger partial charge in [0.05, 0.1) is 19.8 Å². The smallest absolute Gasteiger partial charge is 0.249 e. The second kappa shape index (κ2) is 9.00. The molecule has 1 aromatic carbocycles. The molecule has 0 saturated carbocycles. The number of rotatable bonds is 6. The SMILES string of the molecule is COc1cccc(N2CCN(C(=O)COCC3CCCCO3)CC2=O)c1. The van der Waals surface area contributed by atoms with Gasteiger partial charge in [-0.15, -0.1) is 0 Å². The molecule has 3 rings (SSSR count). The van der Waals surface area contributed by atoms with Gasteiger partial charge in [-0.2, -0.15) is 0 Å². The summed E-state index contributed by atoms with van der Waals surface area (Å²) >= 11 is 0. The zero-order chi connectivity index (χ0) is 18.4. The van der Waals surface area contributed by atoms with Gasteiger partial charge in [0.2, 0.25) is 11.8 Å². The van der Waals surface area contributed by atoms with E-state index >= 15 is 0 Å². The Morgan fingerprint density at radius 2 is 2.19 bits per heavy atom. The number of carbonyl (C=O) groups is 2. The molecule has 26 heavy (non-hydrogen) atoms. The van der Waals surface area contributed by atoms with Crippen molar-refractivity contribution in [3.63, 3.8) is 0 Å². The first-order chi connectivity index (χ1) is 12.7. The van der Waals surface area contributed by atoms with Gasteiger partial charge in [-0.25, -0.2) is 0 Å². The highest BCUT2D eigenvalue weighted by Gasteiger charge is 2.28. The molecule has 1 atom stereocenters. The molecule has 0 aromatic heterocycles. The third kappa shape index (κ3) is 4.74. The van der Waals surface area contributed by atoms with E-state index < -0.39 is 0 Å². The number of methoxy groups -OCH3 is 1. The molecule has 7 nitrogen and oxygen atoms in total. The monoisotopic (exact) mass is 362 g/mol. The molecule has 1 unspecified atom stereocenters. The molecule has 2 heterocycles. The van der Waals surface area contributed by atoms with Crippen LogP contribution in [0.1, 0.15) is 19.3 Å². The average molecular weight is 362 g/mol. The number of piperazine rings is 1. The summed E-state index contributed by atoms with van der Waals surface area (Å²) in [6, 6.07) is 7.37. The topological polar surface area (TPSA) is 68.3 Å². The third-order valence-electron chi connectivity index (χ3n) is 4.74. The highest BCUT2D eigenvalue weighted by molar-refractivity contribution is 5.98. The van der Waals surface area contributed by atoms with E-state index in [0.717, 1.165) is 31.6 Å². The fraction of sp³-hybridized carbons (Fsp3) is 0.579. The van der Waals surface area contributed by atoms with Gasteiger partial charge in [0.1, 0.15) is 18.9 Å². The summed E-state index contributed by atoms with van der Waals surface area (Å²) in [5.74, 6) is 0.444. The van der Waals surface area contributed by atoms with Crippen LogP contribution in [0.2, 0.25) is 0 Å². The summed E-state index contributed by atoms with van der Waals surface area (Å²) in [7, 11) is 1.59. The fourth-order valence-corrected chi connectivity index (χ4v) is 3.25. The van der Waals surface area contributed by atoms with Gasteiger partial charge in [0.25, 0.3) is 0 Å². The standard InChI is InChI=1S/C19H26N2O5/c1-24-16-7-4-5-15(11-16)21-9-8-20(12-18(21)22)19(23)14-25-13-17-6-2-3-10-26-17/h4-5,7,11,17H,2-3,6,8-10,12-14H2,1H3. The number of hydrogen-bond donors (Lipinski definition) is 0. The van der Waals surface area contributed by atoms with Gasteiger partial charge in [-0.05, 0) is 31.4 Å². The van der Waals surface area contributed by atoms with Gasteiger partial charge < -0.3 is 24.0 Å². The van der Waals surface area contributed by atoms with Crippen molar-refractivity contribution in [2.45, 2.75) is 25.4 Å². The number of benzene rings is 1. The summed E-state index contributed by atoms with van der Waals surface area (Å²) in [6.07, 6.45) is 3.30. The zero-order valence-electron chi connectivity index (χ0n) is 15.2. The van der Waals surface area contributed by atoms with E-state index in [1.54, 1.807) is 16.9 Å². The lowest BCUT2D eigenvalue weighted by Crippen LogP contribution is -2.53. The third-order valence-corrected chi connectivity index (χ3v) is 4.74. The molecule has 2 saturated heterocycles. The van der Waals surface area contributed by atoms with E-state index in [1.807, 2.05) is 24.3 Å². The largest absolute Gasteiger partial charge is 0.497 e. The Morgan fingerprint density at radius 1 is 1.31 bits per heavy atom. The number of hydrogen-bond acceptors (Lipinski definition) is 5. The summed E-state index contributed by atoms with van der Waals surface area (Å²) in [6.45, 7) is 2.21. The quantitative estimate of drug-likeness (QED) is 0.766. The lowest BCUT2D eigenvalue weighted by Gasteiger charge is -2.34. The van der Waals surface area contributed by atoms with Crippen molar-refractivity contribution in [1.82, 2.24) is 4.90 Å². The Kier molecular flexibility index (Phi) is 6.46. The minimum absolute atomic E-state index is 0.00764. The minimum Gasteiger partial charge on any atom is -0.497 e. The van der Waals surface area contributed by atoms with Crippen LogP contribution >= 0.6 is 0 Å². The molecule has 2 aliphatic heterocycles. The van der Waals surface area contributed by atoms with E-state index in [2.05, 4.69) is 0 Å². The van der Waals surface area contributed by atoms with Gasteiger partial charge in [0, 0.05) is 31.5 Å². The van der Waals surface area contributed by atoms with Crippen LogP contribution in [0.15, 0.2) is 24.3 Å². The summed E-state index contributed by atoms with van der Waals surface area (Å²) in [5, 5.41) is 0. The Morgan fingerprint density at radius 3 is 2.92 bits per heavy atom. The number of amides is 2. The van der Waals surface area contributed by atoms with E-state index in [4.69, 9.17) is 14.2 Å². The molecular formula is C19H26N2O5. The first-order valence-corrected chi connectivity index (χ1v) is 9.09. The van der Waals surface area contributed by atoms with Crippen LogP contribution in [0.3, 0.4) is 0 Å². The summed E-state index contributed by atoms with van der Waals surface area (Å²) in [4.78, 5) is 28.0. The second-order valence-electron chi connectivity index (χ2n) is 6.57. The first kappa shape index (κ1) is 18.7. The molecule has 7 heteroatoms. The lowest BCUT2D eigenvalue weighted by molar-refractivity contribution is -0.142. The Labute approximate surface area is 153 Å². The molecular weight excluding hydrogens is 336 g/mol. The second-order valence-corrected chi connectivity index (χ2v) is 6.57. The van der Waals surface area contributed by atoms with E-state index in [-0.39, 0.29) is 31.1 Å². The molecule has 0 aliphatic carbocycles. The average Bonchev–Trinajstić information content (AvgIpc) is 2.68. The summed E-state index contributed by atoms with van der Waals surface area (Å²) < 4.78 is 16.3. The maximum Gasteiger partial charge on any atom is 0.249 e. The van der Waals surface area contributed by atoms with Crippen molar-refractivity contribution < 1.29 is 23.8 Å². The predicted octanol–water partition coefficient (Wildman–Crippen LogP) is 1.46. The van der Waals surface area contributed by atoms with Crippen LogP contribution in [0, 0.1) is 0 Å². The van der Waals surface area contributed by atoms with Crippen molar-refractivity contribution in [1.29, 1.82) is 0 Å². The first-order valence-electron chi connectivity index (χ1n) is 9.09. The molecule has 2 aliphatic rings. The predicted molar refractivity (Wildman–Crippen MR) is 96.3 cm³/mol. The zero-order valence-corrected chi connectivity index (χ0v) is 15.2. The van der Waals surface area contributed by atoms with Crippen LogP contribution in [0.5, 0.6) is 5.75 Å². The molecule has 142 valence electrons. The fourth-order valence-electron chi connectivity index (χ4n) is 3.25. The minimum atomic E-state index is -0.153. The Hall–Kier alpha value is -2.12. The van der Waals surface area contributed by atoms with Gasteiger partial charge in [0.15, 0.2) is 0 Å². The van der Waals surface area contributed by atoms with Gasteiger partial charge in [-0.3, -0.25) is 9.59 Å². The molecule has 0 radical (unpaired) electrons. The highest BCUT2D eigenvalue weighted by Crippen LogP contribution is 2.22. The normalized spacial score (nSPS) is 21.0. The van der Waals surface area contributed by atoms with Gasteiger partial charge in [-0.1, -0.05) is 6.07 Å². The van der Waals surface area contributed by atoms with Crippen LogP contribution in [0.4, 0.5) is 5.69 Å². The molecule has 0 spiro atoms. The Balaban J connectivity index is 1.46. The Bertz CT molecular complexity index is 630. The van der Waals surface area contributed by atoms with E-state index in [0.29, 0.717) is 25.4 Å². The maximum absolute atomic E-state index is 12.5. The van der Waals surface area contributed by atoms with Gasteiger partial charge >= 0.3 is 0 Å². The number of nitrogens with zero attached hydrogens (tertiary/aromatic N) is 2.